The van der Waals surface area contributed by atoms with Gasteiger partial charge in [-0.1, -0.05) is 78.9 Å². The second-order valence-electron chi connectivity index (χ2n) is 8.32. The number of carboxylic acid groups (broad SMARTS) is 1. The number of ether oxygens (including phenoxy) is 1. The molecule has 4 aromatic rings. The summed E-state index contributed by atoms with van der Waals surface area (Å²) < 4.78 is 19.6. The summed E-state index contributed by atoms with van der Waals surface area (Å²) in [5.41, 5.74) is 4.99. The van der Waals surface area contributed by atoms with E-state index in [1.807, 2.05) is 48.5 Å². The fourth-order valence-electron chi connectivity index (χ4n) is 4.71. The number of nitrogens with one attached hydrogen (secondary N) is 1. The fraction of sp³-hybridized carbons (Fsp3) is 0.143. The van der Waals surface area contributed by atoms with Crippen LogP contribution in [0, 0.1) is 5.82 Å². The topological polar surface area (TPSA) is 75.6 Å². The third-order valence-electron chi connectivity index (χ3n) is 6.32. The molecule has 5 nitrogen and oxygen atoms in total. The van der Waals surface area contributed by atoms with Crippen LogP contribution < -0.4 is 5.32 Å². The Bertz CT molecular complexity index is 1350. The van der Waals surface area contributed by atoms with Crippen molar-refractivity contribution < 1.29 is 23.8 Å². The number of benzene rings is 4. The van der Waals surface area contributed by atoms with Gasteiger partial charge in [0.1, 0.15) is 18.5 Å². The Labute approximate surface area is 195 Å². The van der Waals surface area contributed by atoms with Gasteiger partial charge in [0.15, 0.2) is 0 Å². The molecule has 0 saturated heterocycles. The predicted octanol–water partition coefficient (Wildman–Crippen LogP) is 5.51. The van der Waals surface area contributed by atoms with Gasteiger partial charge in [0, 0.05) is 17.7 Å². The summed E-state index contributed by atoms with van der Waals surface area (Å²) in [5.74, 6) is -1.69. The molecule has 1 aliphatic rings. The van der Waals surface area contributed by atoms with E-state index in [4.69, 9.17) is 4.74 Å². The molecule has 0 heterocycles. The molecule has 0 radical (unpaired) electrons. The summed E-state index contributed by atoms with van der Waals surface area (Å²) >= 11 is 0. The van der Waals surface area contributed by atoms with Crippen LogP contribution in [-0.2, 0) is 16.0 Å². The van der Waals surface area contributed by atoms with Crippen LogP contribution in [0.3, 0.4) is 0 Å². The maximum absolute atomic E-state index is 14.1. The fourth-order valence-corrected chi connectivity index (χ4v) is 4.71. The van der Waals surface area contributed by atoms with Gasteiger partial charge in [0.25, 0.3) is 0 Å². The van der Waals surface area contributed by atoms with Crippen LogP contribution in [0.15, 0.2) is 84.9 Å². The Morgan fingerprint density at radius 1 is 0.853 bits per heavy atom. The Hall–Kier alpha value is -4.19. The molecule has 0 aliphatic heterocycles. The highest BCUT2D eigenvalue weighted by Gasteiger charge is 2.30. The Morgan fingerprint density at radius 2 is 1.44 bits per heavy atom. The van der Waals surface area contributed by atoms with Crippen molar-refractivity contribution in [1.82, 2.24) is 5.32 Å². The van der Waals surface area contributed by atoms with Crippen LogP contribution in [0.2, 0.25) is 0 Å². The normalized spacial score (nSPS) is 13.2. The minimum Gasteiger partial charge on any atom is -0.480 e. The Morgan fingerprint density at radius 3 is 2.09 bits per heavy atom. The van der Waals surface area contributed by atoms with Crippen molar-refractivity contribution in [3.05, 3.63) is 107 Å². The van der Waals surface area contributed by atoms with Crippen LogP contribution in [0.1, 0.15) is 22.6 Å². The lowest BCUT2D eigenvalue weighted by molar-refractivity contribution is -0.139. The molecule has 0 spiro atoms. The van der Waals surface area contributed by atoms with E-state index in [0.29, 0.717) is 16.3 Å². The highest BCUT2D eigenvalue weighted by Crippen LogP contribution is 2.44. The second-order valence-corrected chi connectivity index (χ2v) is 8.32. The Kier molecular flexibility index (Phi) is 5.72. The standard InChI is InChI=1S/C28H22FNO4/c29-25-14-13-17(18-7-1-6-12-23(18)25)15-26(27(31)32)30-28(33)34-16-24-21-10-4-2-8-19(21)20-9-3-5-11-22(20)24/h1-14,24,26H,15-16H2,(H,30,33)(H,31,32)/t26-/m1/s1. The number of alkyl carbamates (subject to hydrolysis) is 1. The Balaban J connectivity index is 1.30. The average molecular weight is 455 g/mol. The van der Waals surface area contributed by atoms with E-state index in [2.05, 4.69) is 5.32 Å². The molecule has 1 aliphatic carbocycles. The van der Waals surface area contributed by atoms with E-state index >= 15 is 0 Å². The van der Waals surface area contributed by atoms with Crippen LogP contribution in [0.5, 0.6) is 0 Å². The number of halogens is 1. The highest BCUT2D eigenvalue weighted by molar-refractivity contribution is 5.88. The number of rotatable bonds is 6. The molecule has 34 heavy (non-hydrogen) atoms. The molecule has 2 N–H and O–H groups in total. The van der Waals surface area contributed by atoms with Gasteiger partial charge in [0.2, 0.25) is 0 Å². The molecule has 0 unspecified atom stereocenters. The number of amides is 1. The number of hydrogen-bond acceptors (Lipinski definition) is 3. The third kappa shape index (κ3) is 3.99. The smallest absolute Gasteiger partial charge is 0.407 e. The number of fused-ring (bicyclic) bond motifs is 4. The predicted molar refractivity (Wildman–Crippen MR) is 127 cm³/mol. The lowest BCUT2D eigenvalue weighted by Crippen LogP contribution is -2.43. The van der Waals surface area contributed by atoms with E-state index in [-0.39, 0.29) is 24.8 Å². The van der Waals surface area contributed by atoms with E-state index in [1.165, 1.54) is 6.07 Å². The summed E-state index contributed by atoms with van der Waals surface area (Å²) in [6, 6.07) is 24.5. The zero-order valence-corrected chi connectivity index (χ0v) is 18.2. The van der Waals surface area contributed by atoms with Gasteiger partial charge < -0.3 is 15.2 Å². The number of carboxylic acids is 1. The first-order valence-electron chi connectivity index (χ1n) is 11.0. The van der Waals surface area contributed by atoms with Crippen LogP contribution in [0.25, 0.3) is 21.9 Å². The number of aliphatic carboxylic acids is 1. The van der Waals surface area contributed by atoms with Gasteiger partial charge in [-0.2, -0.15) is 0 Å². The van der Waals surface area contributed by atoms with E-state index in [9.17, 15) is 19.1 Å². The van der Waals surface area contributed by atoms with Crippen molar-refractivity contribution in [2.24, 2.45) is 0 Å². The van der Waals surface area contributed by atoms with Crippen molar-refractivity contribution in [3.63, 3.8) is 0 Å². The van der Waals surface area contributed by atoms with Gasteiger partial charge in [-0.05, 0) is 39.3 Å². The zero-order valence-electron chi connectivity index (χ0n) is 18.2. The quantitative estimate of drug-likeness (QED) is 0.402. The van der Waals surface area contributed by atoms with Crippen molar-refractivity contribution >= 4 is 22.8 Å². The van der Waals surface area contributed by atoms with Crippen molar-refractivity contribution in [2.75, 3.05) is 6.61 Å². The van der Waals surface area contributed by atoms with Crippen molar-refractivity contribution in [3.8, 4) is 11.1 Å². The molecular formula is C28H22FNO4. The lowest BCUT2D eigenvalue weighted by Gasteiger charge is -2.18. The highest BCUT2D eigenvalue weighted by atomic mass is 19.1. The SMILES string of the molecule is O=C(N[C@H](Cc1ccc(F)c2ccccc12)C(=O)O)OCC1c2ccccc2-c2ccccc21. The lowest BCUT2D eigenvalue weighted by atomic mass is 9.98. The molecule has 0 saturated carbocycles. The minimum atomic E-state index is -1.22. The summed E-state index contributed by atoms with van der Waals surface area (Å²) in [6.45, 7) is 0.0890. The molecule has 0 fully saturated rings. The summed E-state index contributed by atoms with van der Waals surface area (Å²) in [5, 5.41) is 13.2. The van der Waals surface area contributed by atoms with E-state index in [1.54, 1.807) is 30.3 Å². The third-order valence-corrected chi connectivity index (χ3v) is 6.32. The molecule has 1 atom stereocenters. The van der Waals surface area contributed by atoms with Crippen molar-refractivity contribution in [1.29, 1.82) is 0 Å². The first-order chi connectivity index (χ1) is 16.5. The number of carbonyl (C=O) groups excluding carboxylic acids is 1. The number of hydrogen-bond donors (Lipinski definition) is 2. The summed E-state index contributed by atoms with van der Waals surface area (Å²) in [4.78, 5) is 24.5. The first-order valence-corrected chi connectivity index (χ1v) is 11.0. The molecule has 170 valence electrons. The summed E-state index contributed by atoms with van der Waals surface area (Å²) in [7, 11) is 0. The summed E-state index contributed by atoms with van der Waals surface area (Å²) in [6.07, 6.45) is -0.805. The largest absolute Gasteiger partial charge is 0.480 e. The molecule has 0 bridgehead atoms. The van der Waals surface area contributed by atoms with Crippen LogP contribution >= 0.6 is 0 Å². The molecule has 1 amide bonds. The zero-order chi connectivity index (χ0) is 23.7. The van der Waals surface area contributed by atoms with E-state index in [0.717, 1.165) is 22.3 Å². The molecule has 5 rings (SSSR count). The molecule has 4 aromatic carbocycles. The minimum absolute atomic E-state index is 0.000320. The first kappa shape index (κ1) is 21.6. The van der Waals surface area contributed by atoms with Crippen LogP contribution in [-0.4, -0.2) is 29.8 Å². The van der Waals surface area contributed by atoms with Crippen molar-refractivity contribution in [2.45, 2.75) is 18.4 Å². The van der Waals surface area contributed by atoms with Crippen LogP contribution in [0.4, 0.5) is 9.18 Å². The van der Waals surface area contributed by atoms with Gasteiger partial charge in [-0.15, -0.1) is 0 Å². The number of carbonyl (C=O) groups is 2. The van der Waals surface area contributed by atoms with E-state index < -0.39 is 18.1 Å². The monoisotopic (exact) mass is 455 g/mol. The van der Waals surface area contributed by atoms with Gasteiger partial charge in [0.05, 0.1) is 0 Å². The maximum Gasteiger partial charge on any atom is 0.407 e. The van der Waals surface area contributed by atoms with Gasteiger partial charge in [-0.25, -0.2) is 14.0 Å². The van der Waals surface area contributed by atoms with Gasteiger partial charge >= 0.3 is 12.1 Å². The maximum atomic E-state index is 14.1. The molecular weight excluding hydrogens is 433 g/mol. The van der Waals surface area contributed by atoms with Gasteiger partial charge in [-0.3, -0.25) is 0 Å². The molecule has 6 heteroatoms. The second kappa shape index (κ2) is 8.98. The molecule has 0 aromatic heterocycles. The average Bonchev–Trinajstić information content (AvgIpc) is 3.18.